The number of halogens is 1. The lowest BCUT2D eigenvalue weighted by Crippen LogP contribution is -2.41. The highest BCUT2D eigenvalue weighted by Gasteiger charge is 2.28. The number of amides is 1. The molecular weight excluding hydrogens is 243 g/mol. The second kappa shape index (κ2) is 6.48. The average molecular weight is 262 g/mol. The maximum Gasteiger partial charge on any atom is 0.237 e. The fourth-order valence-corrected chi connectivity index (χ4v) is 2.41. The minimum atomic E-state index is -0.226. The van der Waals surface area contributed by atoms with Crippen LogP contribution in [0.3, 0.4) is 0 Å². The second-order valence-electron chi connectivity index (χ2n) is 4.72. The molecule has 0 radical (unpaired) electrons. The largest absolute Gasteiger partial charge is 0.358 e. The highest BCUT2D eigenvalue weighted by molar-refractivity contribution is 5.81. The lowest BCUT2D eigenvalue weighted by molar-refractivity contribution is -0.124. The summed E-state index contributed by atoms with van der Waals surface area (Å²) in [6.07, 6.45) is 5.96. The van der Waals surface area contributed by atoms with Gasteiger partial charge in [0.05, 0.1) is 6.04 Å². The van der Waals surface area contributed by atoms with E-state index in [1.165, 1.54) is 12.1 Å². The first-order chi connectivity index (χ1) is 9.20. The van der Waals surface area contributed by atoms with Gasteiger partial charge in [-0.05, 0) is 37.1 Å². The Balaban J connectivity index is 1.90. The maximum atomic E-state index is 12.8. The van der Waals surface area contributed by atoms with Crippen LogP contribution in [0.2, 0.25) is 0 Å². The zero-order valence-electron chi connectivity index (χ0n) is 11.1. The lowest BCUT2D eigenvalue weighted by atomic mass is 10.2. The molecule has 19 heavy (non-hydrogen) atoms. The van der Waals surface area contributed by atoms with E-state index in [-0.39, 0.29) is 17.8 Å². The third kappa shape index (κ3) is 3.64. The molecule has 1 aliphatic heterocycles. The van der Waals surface area contributed by atoms with E-state index in [0.717, 1.165) is 31.5 Å². The number of carbonyl (C=O) groups excluding carboxylic acids is 1. The number of benzene rings is 1. The highest BCUT2D eigenvalue weighted by Crippen LogP contribution is 2.17. The maximum absolute atomic E-state index is 12.8. The first kappa shape index (κ1) is 13.7. The molecule has 0 bridgehead atoms. The topological polar surface area (TPSA) is 32.3 Å². The standard InChI is InChI=1S/C15H19FN2O/c1-17-15(19)14-5-3-11-18(14)10-2-4-12-6-8-13(16)9-7-12/h2,4,6-9,14H,3,5,10-11H2,1H3,(H,17,19)/b4-2+/t14-/m0/s1. The van der Waals surface area contributed by atoms with Crippen LogP contribution in [0, 0.1) is 5.82 Å². The zero-order chi connectivity index (χ0) is 13.7. The molecule has 3 nitrogen and oxygen atoms in total. The number of likely N-dealkylation sites (tertiary alicyclic amines) is 1. The van der Waals surface area contributed by atoms with Gasteiger partial charge in [0.1, 0.15) is 5.82 Å². The van der Waals surface area contributed by atoms with Gasteiger partial charge in [-0.3, -0.25) is 9.69 Å². The van der Waals surface area contributed by atoms with Crippen molar-refractivity contribution < 1.29 is 9.18 Å². The molecule has 0 saturated carbocycles. The average Bonchev–Trinajstić information content (AvgIpc) is 2.88. The molecule has 102 valence electrons. The van der Waals surface area contributed by atoms with Gasteiger partial charge in [-0.1, -0.05) is 24.3 Å². The Morgan fingerprint density at radius 2 is 2.21 bits per heavy atom. The van der Waals surface area contributed by atoms with Crippen LogP contribution in [0.4, 0.5) is 4.39 Å². The van der Waals surface area contributed by atoms with Crippen LogP contribution in [-0.2, 0) is 4.79 Å². The van der Waals surface area contributed by atoms with E-state index < -0.39 is 0 Å². The van der Waals surface area contributed by atoms with E-state index in [0.29, 0.717) is 0 Å². The number of likely N-dealkylation sites (N-methyl/N-ethyl adjacent to an activating group) is 1. The number of hydrogen-bond acceptors (Lipinski definition) is 2. The Labute approximate surface area is 113 Å². The quantitative estimate of drug-likeness (QED) is 0.900. The van der Waals surface area contributed by atoms with E-state index in [1.54, 1.807) is 19.2 Å². The molecule has 0 unspecified atom stereocenters. The van der Waals surface area contributed by atoms with E-state index in [4.69, 9.17) is 0 Å². The van der Waals surface area contributed by atoms with Gasteiger partial charge < -0.3 is 5.32 Å². The fraction of sp³-hybridized carbons (Fsp3) is 0.400. The highest BCUT2D eigenvalue weighted by atomic mass is 19.1. The molecule has 1 saturated heterocycles. The number of rotatable bonds is 4. The molecule has 1 atom stereocenters. The van der Waals surface area contributed by atoms with Crippen molar-refractivity contribution >= 4 is 12.0 Å². The van der Waals surface area contributed by atoms with E-state index >= 15 is 0 Å². The second-order valence-corrected chi connectivity index (χ2v) is 4.72. The monoisotopic (exact) mass is 262 g/mol. The summed E-state index contributed by atoms with van der Waals surface area (Å²) >= 11 is 0. The summed E-state index contributed by atoms with van der Waals surface area (Å²) < 4.78 is 12.8. The molecule has 0 aromatic heterocycles. The summed E-state index contributed by atoms with van der Waals surface area (Å²) in [5, 5.41) is 2.70. The molecule has 1 aromatic carbocycles. The van der Waals surface area contributed by atoms with Gasteiger partial charge in [0, 0.05) is 13.6 Å². The van der Waals surface area contributed by atoms with Gasteiger partial charge in [-0.2, -0.15) is 0 Å². The fourth-order valence-electron chi connectivity index (χ4n) is 2.41. The summed E-state index contributed by atoms with van der Waals surface area (Å²) in [5.41, 5.74) is 0.970. The smallest absolute Gasteiger partial charge is 0.237 e. The SMILES string of the molecule is CNC(=O)[C@@H]1CCCN1C/C=C/c1ccc(F)cc1. The predicted molar refractivity (Wildman–Crippen MR) is 74.1 cm³/mol. The molecule has 2 rings (SSSR count). The summed E-state index contributed by atoms with van der Waals surface area (Å²) in [6, 6.07) is 6.37. The van der Waals surface area contributed by atoms with Crippen molar-refractivity contribution in [2.75, 3.05) is 20.1 Å². The molecule has 4 heteroatoms. The van der Waals surface area contributed by atoms with E-state index in [2.05, 4.69) is 10.2 Å². The summed E-state index contributed by atoms with van der Waals surface area (Å²) in [5.74, 6) is -0.135. The van der Waals surface area contributed by atoms with Gasteiger partial charge in [0.2, 0.25) is 5.91 Å². The number of carbonyl (C=O) groups is 1. The molecule has 1 aliphatic rings. The van der Waals surface area contributed by atoms with Crippen molar-refractivity contribution in [3.05, 3.63) is 41.7 Å². The van der Waals surface area contributed by atoms with Crippen molar-refractivity contribution in [3.63, 3.8) is 0 Å². The van der Waals surface area contributed by atoms with Gasteiger partial charge >= 0.3 is 0 Å². The molecule has 1 heterocycles. The predicted octanol–water partition coefficient (Wildman–Crippen LogP) is 2.05. The van der Waals surface area contributed by atoms with Gasteiger partial charge in [0.25, 0.3) is 0 Å². The van der Waals surface area contributed by atoms with Crippen LogP contribution in [0.5, 0.6) is 0 Å². The minimum absolute atomic E-state index is 0.0112. The van der Waals surface area contributed by atoms with Crippen molar-refractivity contribution in [1.82, 2.24) is 10.2 Å². The molecular formula is C15H19FN2O. The van der Waals surface area contributed by atoms with Gasteiger partial charge in [-0.15, -0.1) is 0 Å². The first-order valence-electron chi connectivity index (χ1n) is 6.58. The molecule has 0 aliphatic carbocycles. The molecule has 1 amide bonds. The molecule has 1 fully saturated rings. The van der Waals surface area contributed by atoms with Gasteiger partial charge in [-0.25, -0.2) is 4.39 Å². The first-order valence-corrected chi connectivity index (χ1v) is 6.58. The Hall–Kier alpha value is -1.68. The van der Waals surface area contributed by atoms with Crippen LogP contribution in [0.1, 0.15) is 18.4 Å². The Morgan fingerprint density at radius 3 is 2.89 bits per heavy atom. The molecule has 1 aromatic rings. The van der Waals surface area contributed by atoms with Crippen molar-refractivity contribution in [1.29, 1.82) is 0 Å². The molecule has 1 N–H and O–H groups in total. The lowest BCUT2D eigenvalue weighted by Gasteiger charge is -2.21. The normalized spacial score (nSPS) is 20.0. The van der Waals surface area contributed by atoms with Crippen molar-refractivity contribution in [2.24, 2.45) is 0 Å². The Morgan fingerprint density at radius 1 is 1.47 bits per heavy atom. The summed E-state index contributed by atoms with van der Waals surface area (Å²) in [7, 11) is 1.67. The van der Waals surface area contributed by atoms with Crippen LogP contribution in [0.15, 0.2) is 30.3 Å². The van der Waals surface area contributed by atoms with Crippen LogP contribution in [-0.4, -0.2) is 37.0 Å². The zero-order valence-corrected chi connectivity index (χ0v) is 11.1. The summed E-state index contributed by atoms with van der Waals surface area (Å²) in [4.78, 5) is 13.8. The van der Waals surface area contributed by atoms with E-state index in [9.17, 15) is 9.18 Å². The minimum Gasteiger partial charge on any atom is -0.358 e. The third-order valence-electron chi connectivity index (χ3n) is 3.43. The van der Waals surface area contributed by atoms with Crippen LogP contribution >= 0.6 is 0 Å². The van der Waals surface area contributed by atoms with Crippen LogP contribution in [0.25, 0.3) is 6.08 Å². The van der Waals surface area contributed by atoms with E-state index in [1.807, 2.05) is 12.2 Å². The Bertz CT molecular complexity index is 456. The van der Waals surface area contributed by atoms with Crippen molar-refractivity contribution in [2.45, 2.75) is 18.9 Å². The Kier molecular flexibility index (Phi) is 4.68. The van der Waals surface area contributed by atoms with Crippen molar-refractivity contribution in [3.8, 4) is 0 Å². The van der Waals surface area contributed by atoms with Crippen LogP contribution < -0.4 is 5.32 Å². The van der Waals surface area contributed by atoms with Gasteiger partial charge in [0.15, 0.2) is 0 Å². The summed E-state index contributed by atoms with van der Waals surface area (Å²) in [6.45, 7) is 1.70. The number of nitrogens with zero attached hydrogens (tertiary/aromatic N) is 1. The number of hydrogen-bond donors (Lipinski definition) is 1. The molecule has 0 spiro atoms. The third-order valence-corrected chi connectivity index (χ3v) is 3.43. The number of nitrogens with one attached hydrogen (secondary N) is 1.